The quantitative estimate of drug-likeness (QED) is 0.407. The Hall–Kier alpha value is -0.120. The van der Waals surface area contributed by atoms with Crippen LogP contribution in [0.5, 0.6) is 0 Å². The zero-order valence-electron chi connectivity index (χ0n) is 3.91. The zero-order chi connectivity index (χ0) is 5.44. The smallest absolute Gasteiger partial charge is 0.122 e. The molecule has 1 aliphatic rings. The molecule has 3 heteroatoms. The molecule has 7 heavy (non-hydrogen) atoms. The lowest BCUT2D eigenvalue weighted by molar-refractivity contribution is 0.0723. The average molecular weight is 102 g/mol. The van der Waals surface area contributed by atoms with Gasteiger partial charge in [-0.25, -0.2) is 4.90 Å². The van der Waals surface area contributed by atoms with Crippen molar-refractivity contribution in [2.45, 2.75) is 12.5 Å². The molecule has 0 amide bonds. The van der Waals surface area contributed by atoms with E-state index in [2.05, 4.69) is 6.92 Å². The van der Waals surface area contributed by atoms with Crippen LogP contribution >= 0.6 is 0 Å². The van der Waals surface area contributed by atoms with Crippen molar-refractivity contribution in [3.05, 3.63) is 6.92 Å². The maximum Gasteiger partial charge on any atom is 0.122 e. The fourth-order valence-electron chi connectivity index (χ4n) is 0.462. The minimum Gasteiger partial charge on any atom is -0.378 e. The number of hydrogen-bond acceptors (Lipinski definition) is 3. The molecule has 0 saturated carbocycles. The van der Waals surface area contributed by atoms with Crippen LogP contribution < -0.4 is 0 Å². The van der Waals surface area contributed by atoms with Crippen molar-refractivity contribution in [3.8, 4) is 0 Å². The summed E-state index contributed by atoms with van der Waals surface area (Å²) in [7, 11) is 0. The van der Waals surface area contributed by atoms with Gasteiger partial charge < -0.3 is 10.2 Å². The van der Waals surface area contributed by atoms with Gasteiger partial charge >= 0.3 is 0 Å². The Kier molecular flexibility index (Phi) is 1.03. The predicted octanol–water partition coefficient (Wildman–Crippen LogP) is -1.23. The SMILES string of the molecule is [CH2]C(O)N1CC1O. The van der Waals surface area contributed by atoms with Crippen molar-refractivity contribution in [1.29, 1.82) is 0 Å². The lowest BCUT2D eigenvalue weighted by Gasteiger charge is -2.00. The predicted molar refractivity (Wildman–Crippen MR) is 24.1 cm³/mol. The second-order valence-corrected chi connectivity index (χ2v) is 1.66. The van der Waals surface area contributed by atoms with E-state index >= 15 is 0 Å². The van der Waals surface area contributed by atoms with Crippen LogP contribution in [0.4, 0.5) is 0 Å². The lowest BCUT2D eigenvalue weighted by Crippen LogP contribution is -2.15. The van der Waals surface area contributed by atoms with E-state index in [4.69, 9.17) is 10.2 Å². The number of nitrogens with zero attached hydrogens (tertiary/aromatic N) is 1. The summed E-state index contributed by atoms with van der Waals surface area (Å²) in [5.41, 5.74) is 0. The van der Waals surface area contributed by atoms with Crippen LogP contribution in [0.1, 0.15) is 0 Å². The van der Waals surface area contributed by atoms with E-state index in [0.717, 1.165) is 0 Å². The topological polar surface area (TPSA) is 43.5 Å². The third-order valence-electron chi connectivity index (χ3n) is 1.01. The molecule has 0 aromatic rings. The molecule has 1 aliphatic heterocycles. The van der Waals surface area contributed by atoms with Crippen LogP contribution in [0.3, 0.4) is 0 Å². The maximum absolute atomic E-state index is 8.52. The highest BCUT2D eigenvalue weighted by molar-refractivity contribution is 4.81. The van der Waals surface area contributed by atoms with Crippen molar-refractivity contribution in [2.24, 2.45) is 0 Å². The Balaban J connectivity index is 2.20. The minimum absolute atomic E-state index is 0.438. The summed E-state index contributed by atoms with van der Waals surface area (Å²) in [5, 5.41) is 17.0. The molecule has 3 atom stereocenters. The van der Waals surface area contributed by atoms with Gasteiger partial charge in [0.05, 0.1) is 0 Å². The van der Waals surface area contributed by atoms with E-state index in [1.807, 2.05) is 0 Å². The highest BCUT2D eigenvalue weighted by Crippen LogP contribution is 2.15. The number of aliphatic hydroxyl groups excluding tert-OH is 2. The molecule has 2 N–H and O–H groups in total. The van der Waals surface area contributed by atoms with Crippen LogP contribution in [-0.2, 0) is 0 Å². The number of rotatable bonds is 1. The standard InChI is InChI=1S/C4H8NO2/c1-3(6)5-2-4(5)7/h3-4,6-7H,1-2H2. The van der Waals surface area contributed by atoms with E-state index in [1.54, 1.807) is 0 Å². The van der Waals surface area contributed by atoms with Gasteiger partial charge in [-0.05, 0) is 6.92 Å². The fourth-order valence-corrected chi connectivity index (χ4v) is 0.462. The molecule has 0 aliphatic carbocycles. The van der Waals surface area contributed by atoms with Crippen LogP contribution in [0.2, 0.25) is 0 Å². The largest absolute Gasteiger partial charge is 0.378 e. The highest BCUT2D eigenvalue weighted by atomic mass is 16.3. The van der Waals surface area contributed by atoms with Gasteiger partial charge in [-0.3, -0.25) is 0 Å². The molecule has 3 nitrogen and oxygen atoms in total. The van der Waals surface area contributed by atoms with Crippen molar-refractivity contribution in [1.82, 2.24) is 4.90 Å². The van der Waals surface area contributed by atoms with Crippen LogP contribution in [-0.4, -0.2) is 34.1 Å². The molecule has 1 rings (SSSR count). The summed E-state index contributed by atoms with van der Waals surface area (Å²) in [6.07, 6.45) is -1.16. The molecule has 0 bridgehead atoms. The summed E-state index contributed by atoms with van der Waals surface area (Å²) >= 11 is 0. The van der Waals surface area contributed by atoms with E-state index in [9.17, 15) is 0 Å². The molecule has 1 radical (unpaired) electrons. The third-order valence-corrected chi connectivity index (χ3v) is 1.01. The van der Waals surface area contributed by atoms with Gasteiger partial charge in [-0.1, -0.05) is 0 Å². The van der Waals surface area contributed by atoms with Crippen LogP contribution in [0.15, 0.2) is 0 Å². The van der Waals surface area contributed by atoms with E-state index in [-0.39, 0.29) is 0 Å². The summed E-state index contributed by atoms with van der Waals surface area (Å²) in [6, 6.07) is 0. The summed E-state index contributed by atoms with van der Waals surface area (Å²) in [6.45, 7) is 3.83. The van der Waals surface area contributed by atoms with Crippen molar-refractivity contribution in [3.63, 3.8) is 0 Å². The van der Waals surface area contributed by atoms with Gasteiger partial charge in [0.15, 0.2) is 0 Å². The molecular formula is C4H8NO2. The Morgan fingerprint density at radius 1 is 1.86 bits per heavy atom. The van der Waals surface area contributed by atoms with Crippen molar-refractivity contribution in [2.75, 3.05) is 6.54 Å². The van der Waals surface area contributed by atoms with Gasteiger partial charge in [-0.2, -0.15) is 0 Å². The lowest BCUT2D eigenvalue weighted by atomic mass is 10.7. The number of β-amino-alcohol motifs (C(OH)–C–C–N with tert-alkyl or cyclic N) is 1. The zero-order valence-corrected chi connectivity index (χ0v) is 3.91. The Morgan fingerprint density at radius 3 is 2.29 bits per heavy atom. The van der Waals surface area contributed by atoms with Crippen LogP contribution in [0, 0.1) is 6.92 Å². The Labute approximate surface area is 42.2 Å². The molecule has 0 aromatic carbocycles. The normalized spacial score (nSPS) is 43.3. The van der Waals surface area contributed by atoms with Crippen molar-refractivity contribution < 1.29 is 10.2 Å². The van der Waals surface area contributed by atoms with E-state index < -0.39 is 12.5 Å². The molecule has 0 spiro atoms. The summed E-state index contributed by atoms with van der Waals surface area (Å²) < 4.78 is 0. The molecule has 1 fully saturated rings. The Morgan fingerprint density at radius 2 is 2.29 bits per heavy atom. The molecule has 3 unspecified atom stereocenters. The van der Waals surface area contributed by atoms with Crippen molar-refractivity contribution >= 4 is 0 Å². The summed E-state index contributed by atoms with van der Waals surface area (Å²) in [4.78, 5) is 1.46. The van der Waals surface area contributed by atoms with Gasteiger partial charge in [0.25, 0.3) is 0 Å². The average Bonchev–Trinajstić information content (AvgIpc) is 2.17. The molecule has 0 aromatic heterocycles. The molecular weight excluding hydrogens is 94.0 g/mol. The van der Waals surface area contributed by atoms with E-state index in [1.165, 1.54) is 4.90 Å². The first-order chi connectivity index (χ1) is 3.22. The fraction of sp³-hybridized carbons (Fsp3) is 0.750. The first kappa shape index (κ1) is 5.03. The number of hydrogen-bond donors (Lipinski definition) is 2. The molecule has 1 saturated heterocycles. The van der Waals surface area contributed by atoms with Gasteiger partial charge in [0, 0.05) is 6.54 Å². The first-order valence-corrected chi connectivity index (χ1v) is 2.17. The second-order valence-electron chi connectivity index (χ2n) is 1.66. The van der Waals surface area contributed by atoms with Crippen LogP contribution in [0.25, 0.3) is 0 Å². The monoisotopic (exact) mass is 102 g/mol. The second kappa shape index (κ2) is 1.43. The maximum atomic E-state index is 8.52. The first-order valence-electron chi connectivity index (χ1n) is 2.17. The molecule has 41 valence electrons. The third kappa shape index (κ3) is 0.907. The van der Waals surface area contributed by atoms with Gasteiger partial charge in [0.2, 0.25) is 0 Å². The minimum atomic E-state index is -0.727. The number of aliphatic hydroxyl groups is 2. The Bertz CT molecular complexity index is 74.1. The summed E-state index contributed by atoms with van der Waals surface area (Å²) in [5.74, 6) is 0. The molecule has 1 heterocycles. The van der Waals surface area contributed by atoms with E-state index in [0.29, 0.717) is 6.54 Å². The van der Waals surface area contributed by atoms with Gasteiger partial charge in [-0.15, -0.1) is 0 Å². The van der Waals surface area contributed by atoms with Gasteiger partial charge in [0.1, 0.15) is 12.5 Å². The highest BCUT2D eigenvalue weighted by Gasteiger charge is 2.34.